The molecule has 1 fully saturated rings. The van der Waals surface area contributed by atoms with E-state index >= 15 is 0 Å². The molecular formula is C12H24N2O3. The molecule has 0 aromatic heterocycles. The molecule has 0 spiro atoms. The van der Waals surface area contributed by atoms with E-state index in [-0.39, 0.29) is 18.2 Å². The van der Waals surface area contributed by atoms with Gasteiger partial charge >= 0.3 is 6.09 Å². The van der Waals surface area contributed by atoms with Crippen LogP contribution in [0.3, 0.4) is 0 Å². The Labute approximate surface area is 103 Å². The number of carbonyl (C=O) groups is 1. The normalized spacial score (nSPS) is 21.1. The molecule has 5 nitrogen and oxygen atoms in total. The van der Waals surface area contributed by atoms with Crippen LogP contribution in [0.4, 0.5) is 4.79 Å². The first-order valence-electron chi connectivity index (χ1n) is 6.40. The summed E-state index contributed by atoms with van der Waals surface area (Å²) in [6, 6.07) is 0.472. The lowest BCUT2D eigenvalue weighted by molar-refractivity contribution is 0.0894. The predicted molar refractivity (Wildman–Crippen MR) is 65.9 cm³/mol. The van der Waals surface area contributed by atoms with Crippen molar-refractivity contribution < 1.29 is 14.6 Å². The van der Waals surface area contributed by atoms with Crippen LogP contribution < -0.4 is 5.32 Å². The minimum atomic E-state index is -0.349. The van der Waals surface area contributed by atoms with E-state index < -0.39 is 0 Å². The number of aliphatic hydroxyl groups is 1. The van der Waals surface area contributed by atoms with Gasteiger partial charge in [0, 0.05) is 25.2 Å². The van der Waals surface area contributed by atoms with Crippen LogP contribution in [-0.2, 0) is 4.74 Å². The first kappa shape index (κ1) is 14.3. The summed E-state index contributed by atoms with van der Waals surface area (Å²) in [5.74, 6) is 0. The van der Waals surface area contributed by atoms with Crippen LogP contribution in [0.1, 0.15) is 33.6 Å². The fraction of sp³-hybridized carbons (Fsp3) is 0.917. The van der Waals surface area contributed by atoms with Gasteiger partial charge in [-0.05, 0) is 33.6 Å². The molecule has 1 saturated heterocycles. The number of aliphatic hydroxyl groups excluding tert-OH is 1. The maximum absolute atomic E-state index is 11.5. The van der Waals surface area contributed by atoms with Crippen molar-refractivity contribution in [3.05, 3.63) is 0 Å². The highest BCUT2D eigenvalue weighted by molar-refractivity contribution is 5.67. The van der Waals surface area contributed by atoms with Crippen LogP contribution in [0.5, 0.6) is 0 Å². The highest BCUT2D eigenvalue weighted by atomic mass is 16.6. The van der Waals surface area contributed by atoms with Gasteiger partial charge < -0.3 is 20.1 Å². The van der Waals surface area contributed by atoms with Crippen LogP contribution in [-0.4, -0.2) is 54.0 Å². The van der Waals surface area contributed by atoms with Gasteiger partial charge in [0.1, 0.15) is 0 Å². The first-order chi connectivity index (χ1) is 8.04. The maximum atomic E-state index is 11.5. The summed E-state index contributed by atoms with van der Waals surface area (Å²) in [6.07, 6.45) is 1.26. The number of amides is 1. The zero-order valence-corrected chi connectivity index (χ0v) is 11.0. The molecule has 2 atom stereocenters. The molecule has 1 aliphatic heterocycles. The first-order valence-corrected chi connectivity index (χ1v) is 6.40. The van der Waals surface area contributed by atoms with Crippen LogP contribution in [0, 0.1) is 0 Å². The lowest BCUT2D eigenvalue weighted by atomic mass is 10.0. The molecule has 5 heteroatoms. The number of likely N-dealkylation sites (tertiary alicyclic amines) is 1. The average molecular weight is 244 g/mol. The van der Waals surface area contributed by atoms with E-state index in [9.17, 15) is 9.90 Å². The third-order valence-electron chi connectivity index (χ3n) is 3.24. The van der Waals surface area contributed by atoms with Gasteiger partial charge in [-0.15, -0.1) is 0 Å². The van der Waals surface area contributed by atoms with Crippen LogP contribution in [0.15, 0.2) is 0 Å². The van der Waals surface area contributed by atoms with Crippen molar-refractivity contribution in [2.24, 2.45) is 0 Å². The lowest BCUT2D eigenvalue weighted by Crippen LogP contribution is -2.49. The zero-order chi connectivity index (χ0) is 12.8. The predicted octanol–water partition coefficient (Wildman–Crippen LogP) is 0.966. The molecule has 0 aliphatic carbocycles. The molecular weight excluding hydrogens is 220 g/mol. The molecule has 1 rings (SSSR count). The largest absolute Gasteiger partial charge is 0.450 e. The van der Waals surface area contributed by atoms with Crippen molar-refractivity contribution in [3.8, 4) is 0 Å². The van der Waals surface area contributed by atoms with E-state index in [0.29, 0.717) is 12.6 Å². The monoisotopic (exact) mass is 244 g/mol. The van der Waals surface area contributed by atoms with Gasteiger partial charge in [-0.2, -0.15) is 0 Å². The van der Waals surface area contributed by atoms with Gasteiger partial charge in [-0.25, -0.2) is 4.79 Å². The molecule has 0 saturated carbocycles. The molecule has 17 heavy (non-hydrogen) atoms. The molecule has 0 bridgehead atoms. The van der Waals surface area contributed by atoms with E-state index in [0.717, 1.165) is 25.9 Å². The average Bonchev–Trinajstić information content (AvgIpc) is 2.30. The van der Waals surface area contributed by atoms with E-state index in [1.165, 1.54) is 0 Å². The van der Waals surface area contributed by atoms with Gasteiger partial charge in [0.05, 0.1) is 12.7 Å². The van der Waals surface area contributed by atoms with E-state index in [2.05, 4.69) is 5.32 Å². The Bertz CT molecular complexity index is 238. The highest BCUT2D eigenvalue weighted by Gasteiger charge is 2.24. The molecule has 0 aromatic carbocycles. The molecule has 1 heterocycles. The van der Waals surface area contributed by atoms with Gasteiger partial charge in [0.2, 0.25) is 0 Å². The minimum absolute atomic E-state index is 0.0918. The maximum Gasteiger partial charge on any atom is 0.409 e. The summed E-state index contributed by atoms with van der Waals surface area (Å²) < 4.78 is 4.96. The summed E-state index contributed by atoms with van der Waals surface area (Å²) in [6.45, 7) is 7.45. The molecule has 2 N–H and O–H groups in total. The van der Waals surface area contributed by atoms with E-state index in [1.54, 1.807) is 11.8 Å². The fourth-order valence-electron chi connectivity index (χ4n) is 1.95. The van der Waals surface area contributed by atoms with Gasteiger partial charge in [0.15, 0.2) is 0 Å². The number of nitrogens with zero attached hydrogens (tertiary/aromatic N) is 1. The number of hydrogen-bond acceptors (Lipinski definition) is 4. The molecule has 100 valence electrons. The second-order valence-corrected chi connectivity index (χ2v) is 4.66. The van der Waals surface area contributed by atoms with Crippen molar-refractivity contribution >= 4 is 6.09 Å². The highest BCUT2D eigenvalue weighted by Crippen LogP contribution is 2.12. The molecule has 1 amide bonds. The van der Waals surface area contributed by atoms with Crippen molar-refractivity contribution in [1.29, 1.82) is 0 Å². The van der Waals surface area contributed by atoms with Gasteiger partial charge in [0.25, 0.3) is 0 Å². The summed E-state index contributed by atoms with van der Waals surface area (Å²) >= 11 is 0. The Morgan fingerprint density at radius 3 is 2.53 bits per heavy atom. The Morgan fingerprint density at radius 1 is 1.47 bits per heavy atom. The number of piperidine rings is 1. The number of ether oxygens (including phenoxy) is 1. The summed E-state index contributed by atoms with van der Waals surface area (Å²) in [5, 5.41) is 12.8. The van der Waals surface area contributed by atoms with E-state index in [4.69, 9.17) is 4.74 Å². The van der Waals surface area contributed by atoms with Crippen LogP contribution in [0.2, 0.25) is 0 Å². The van der Waals surface area contributed by atoms with Crippen molar-refractivity contribution in [3.63, 3.8) is 0 Å². The minimum Gasteiger partial charge on any atom is -0.450 e. The summed E-state index contributed by atoms with van der Waals surface area (Å²) in [7, 11) is 0. The van der Waals surface area contributed by atoms with Gasteiger partial charge in [-0.1, -0.05) is 0 Å². The molecule has 1 aliphatic rings. The van der Waals surface area contributed by atoms with Crippen molar-refractivity contribution in [2.45, 2.75) is 51.8 Å². The van der Waals surface area contributed by atoms with Crippen molar-refractivity contribution in [2.75, 3.05) is 19.7 Å². The van der Waals surface area contributed by atoms with Crippen molar-refractivity contribution in [1.82, 2.24) is 10.2 Å². The van der Waals surface area contributed by atoms with Crippen LogP contribution in [0.25, 0.3) is 0 Å². The second-order valence-electron chi connectivity index (χ2n) is 4.66. The number of nitrogens with one attached hydrogen (secondary N) is 1. The summed E-state index contributed by atoms with van der Waals surface area (Å²) in [5.41, 5.74) is 0. The Balaban J connectivity index is 2.28. The fourth-order valence-corrected chi connectivity index (χ4v) is 1.95. The number of rotatable bonds is 4. The Hall–Kier alpha value is -0.810. The third-order valence-corrected chi connectivity index (χ3v) is 3.24. The zero-order valence-electron chi connectivity index (χ0n) is 11.0. The molecule has 2 unspecified atom stereocenters. The lowest BCUT2D eigenvalue weighted by Gasteiger charge is -2.33. The smallest absolute Gasteiger partial charge is 0.409 e. The standard InChI is InChI=1S/C12H24N2O3/c1-4-17-12(16)14-7-5-11(6-8-14)13-9(2)10(3)15/h9-11,13,15H,4-8H2,1-3H3. The third kappa shape index (κ3) is 4.52. The van der Waals surface area contributed by atoms with Crippen LogP contribution >= 0.6 is 0 Å². The number of carbonyl (C=O) groups excluding carboxylic acids is 1. The SMILES string of the molecule is CCOC(=O)N1CCC(NC(C)C(C)O)CC1. The van der Waals surface area contributed by atoms with Gasteiger partial charge in [-0.3, -0.25) is 0 Å². The topological polar surface area (TPSA) is 61.8 Å². The summed E-state index contributed by atoms with van der Waals surface area (Å²) in [4.78, 5) is 13.2. The Kier molecular flexibility index (Phi) is 5.71. The molecule has 0 aromatic rings. The number of hydrogen-bond donors (Lipinski definition) is 2. The van der Waals surface area contributed by atoms with E-state index in [1.807, 2.05) is 13.8 Å². The second kappa shape index (κ2) is 6.81. The Morgan fingerprint density at radius 2 is 2.06 bits per heavy atom. The quantitative estimate of drug-likeness (QED) is 0.773. The molecule has 0 radical (unpaired) electrons.